The van der Waals surface area contributed by atoms with Crippen LogP contribution < -0.4 is 4.90 Å². The summed E-state index contributed by atoms with van der Waals surface area (Å²) in [7, 11) is 0. The molecule has 0 N–H and O–H groups in total. The zero-order valence-electron chi connectivity index (χ0n) is 11.5. The maximum Gasteiger partial charge on any atom is 0.254 e. The zero-order valence-corrected chi connectivity index (χ0v) is 11.5. The number of morpholine rings is 2. The molecule has 0 unspecified atom stereocenters. The van der Waals surface area contributed by atoms with Crippen LogP contribution in [0.2, 0.25) is 0 Å². The lowest BCUT2D eigenvalue weighted by atomic mass is 10.1. The standard InChI is InChI=1S/C15H19N2O3/c18-15(17-6-10-20-11-7-17)13-2-1-3-14(12-13)16-4-8-19-9-5-16/h2-3,12H,4-11H2. The number of carbonyl (C=O) groups is 1. The summed E-state index contributed by atoms with van der Waals surface area (Å²) in [5.41, 5.74) is 1.75. The fourth-order valence-electron chi connectivity index (χ4n) is 2.54. The third-order valence-electron chi connectivity index (χ3n) is 3.69. The number of hydrogen-bond acceptors (Lipinski definition) is 4. The van der Waals surface area contributed by atoms with Crippen LogP contribution in [0.15, 0.2) is 18.2 Å². The number of ether oxygens (including phenoxy) is 2. The van der Waals surface area contributed by atoms with Gasteiger partial charge in [-0.2, -0.15) is 0 Å². The summed E-state index contributed by atoms with van der Waals surface area (Å²) in [4.78, 5) is 16.5. The first kappa shape index (κ1) is 13.4. The van der Waals surface area contributed by atoms with E-state index in [9.17, 15) is 4.79 Å². The highest BCUT2D eigenvalue weighted by Crippen LogP contribution is 2.18. The van der Waals surface area contributed by atoms with Crippen LogP contribution in [0.4, 0.5) is 5.69 Å². The van der Waals surface area contributed by atoms with E-state index in [-0.39, 0.29) is 5.91 Å². The Morgan fingerprint density at radius 3 is 2.35 bits per heavy atom. The molecule has 2 fully saturated rings. The summed E-state index contributed by atoms with van der Waals surface area (Å²) in [6.07, 6.45) is 0. The van der Waals surface area contributed by atoms with Crippen molar-refractivity contribution in [3.8, 4) is 0 Å². The molecule has 5 heteroatoms. The molecule has 0 spiro atoms. The lowest BCUT2D eigenvalue weighted by Gasteiger charge is -2.30. The number of carbonyl (C=O) groups excluding carboxylic acids is 1. The number of amides is 1. The maximum atomic E-state index is 12.4. The van der Waals surface area contributed by atoms with Crippen molar-refractivity contribution in [2.45, 2.75) is 0 Å². The molecule has 0 aliphatic carbocycles. The molecule has 2 aliphatic rings. The van der Waals surface area contributed by atoms with Crippen molar-refractivity contribution < 1.29 is 14.3 Å². The van der Waals surface area contributed by atoms with Crippen LogP contribution in [0.5, 0.6) is 0 Å². The Morgan fingerprint density at radius 1 is 1.00 bits per heavy atom. The Kier molecular flexibility index (Phi) is 4.18. The zero-order chi connectivity index (χ0) is 13.8. The van der Waals surface area contributed by atoms with E-state index in [1.807, 2.05) is 17.0 Å². The minimum absolute atomic E-state index is 0.0691. The number of rotatable bonds is 2. The highest BCUT2D eigenvalue weighted by Gasteiger charge is 2.19. The van der Waals surface area contributed by atoms with Gasteiger partial charge in [0.1, 0.15) is 0 Å². The van der Waals surface area contributed by atoms with Gasteiger partial charge in [0.15, 0.2) is 0 Å². The van der Waals surface area contributed by atoms with Crippen LogP contribution >= 0.6 is 0 Å². The molecule has 107 valence electrons. The highest BCUT2D eigenvalue weighted by molar-refractivity contribution is 5.95. The van der Waals surface area contributed by atoms with Gasteiger partial charge in [-0.05, 0) is 24.3 Å². The van der Waals surface area contributed by atoms with Crippen molar-refractivity contribution in [3.63, 3.8) is 0 Å². The molecule has 1 aromatic carbocycles. The normalized spacial score (nSPS) is 20.0. The van der Waals surface area contributed by atoms with Crippen LogP contribution in [0.25, 0.3) is 0 Å². The first-order chi connectivity index (χ1) is 9.84. The molecule has 2 heterocycles. The Balaban J connectivity index is 1.74. The van der Waals surface area contributed by atoms with Crippen LogP contribution in [0.1, 0.15) is 10.4 Å². The molecule has 1 radical (unpaired) electrons. The van der Waals surface area contributed by atoms with Crippen LogP contribution in [-0.4, -0.2) is 63.4 Å². The Morgan fingerprint density at radius 2 is 1.65 bits per heavy atom. The third-order valence-corrected chi connectivity index (χ3v) is 3.69. The second-order valence-corrected chi connectivity index (χ2v) is 4.98. The summed E-state index contributed by atoms with van der Waals surface area (Å²) in [6.45, 7) is 5.79. The minimum atomic E-state index is 0.0691. The molecule has 0 aromatic heterocycles. The Bertz CT molecular complexity index is 466. The summed E-state index contributed by atoms with van der Waals surface area (Å²) in [5.74, 6) is 0.0691. The number of nitrogens with zero attached hydrogens (tertiary/aromatic N) is 2. The lowest BCUT2D eigenvalue weighted by molar-refractivity contribution is 0.0303. The summed E-state index contributed by atoms with van der Waals surface area (Å²) in [5, 5.41) is 0. The molecule has 3 rings (SSSR count). The molecular weight excluding hydrogens is 256 g/mol. The van der Waals surface area contributed by atoms with E-state index >= 15 is 0 Å². The van der Waals surface area contributed by atoms with Gasteiger partial charge in [0.2, 0.25) is 0 Å². The molecule has 5 nitrogen and oxygen atoms in total. The molecule has 0 atom stereocenters. The lowest BCUT2D eigenvalue weighted by Crippen LogP contribution is -2.41. The number of benzene rings is 1. The van der Waals surface area contributed by atoms with Gasteiger partial charge in [-0.3, -0.25) is 4.79 Å². The molecule has 0 bridgehead atoms. The molecule has 2 aliphatic heterocycles. The first-order valence-electron chi connectivity index (χ1n) is 7.05. The SMILES string of the molecule is O=C(c1c[c]cc(N2CCOCC2)c1)N1CCOCC1. The van der Waals surface area contributed by atoms with Crippen molar-refractivity contribution >= 4 is 11.6 Å². The van der Waals surface area contributed by atoms with Gasteiger partial charge in [-0.25, -0.2) is 0 Å². The molecular formula is C15H19N2O3. The summed E-state index contributed by atoms with van der Waals surface area (Å²) < 4.78 is 10.6. The quantitative estimate of drug-likeness (QED) is 0.800. The topological polar surface area (TPSA) is 42.0 Å². The summed E-state index contributed by atoms with van der Waals surface area (Å²) >= 11 is 0. The van der Waals surface area contributed by atoms with Gasteiger partial charge in [0.05, 0.1) is 26.4 Å². The van der Waals surface area contributed by atoms with E-state index in [1.54, 1.807) is 6.07 Å². The van der Waals surface area contributed by atoms with Gasteiger partial charge in [-0.1, -0.05) is 0 Å². The average molecular weight is 275 g/mol. The number of hydrogen-bond donors (Lipinski definition) is 0. The fraction of sp³-hybridized carbons (Fsp3) is 0.533. The largest absolute Gasteiger partial charge is 0.378 e. The van der Waals surface area contributed by atoms with E-state index in [0.717, 1.165) is 32.0 Å². The van der Waals surface area contributed by atoms with E-state index < -0.39 is 0 Å². The van der Waals surface area contributed by atoms with E-state index in [2.05, 4.69) is 11.0 Å². The molecule has 2 saturated heterocycles. The van der Waals surface area contributed by atoms with Gasteiger partial charge in [-0.15, -0.1) is 0 Å². The summed E-state index contributed by atoms with van der Waals surface area (Å²) in [6, 6.07) is 8.74. The smallest absolute Gasteiger partial charge is 0.254 e. The van der Waals surface area contributed by atoms with Gasteiger partial charge in [0, 0.05) is 37.4 Å². The van der Waals surface area contributed by atoms with Crippen LogP contribution in [0, 0.1) is 6.07 Å². The number of anilines is 1. The highest BCUT2D eigenvalue weighted by atomic mass is 16.5. The van der Waals surface area contributed by atoms with Crippen LogP contribution in [-0.2, 0) is 9.47 Å². The fourth-order valence-corrected chi connectivity index (χ4v) is 2.54. The molecule has 1 amide bonds. The monoisotopic (exact) mass is 275 g/mol. The van der Waals surface area contributed by atoms with Crippen LogP contribution in [0.3, 0.4) is 0 Å². The third kappa shape index (κ3) is 2.94. The van der Waals surface area contributed by atoms with Gasteiger partial charge < -0.3 is 19.3 Å². The first-order valence-corrected chi connectivity index (χ1v) is 7.05. The predicted molar refractivity (Wildman–Crippen MR) is 75.0 cm³/mol. The second kappa shape index (κ2) is 6.24. The van der Waals surface area contributed by atoms with Gasteiger partial charge in [0.25, 0.3) is 5.91 Å². The van der Waals surface area contributed by atoms with Crippen molar-refractivity contribution in [1.29, 1.82) is 0 Å². The maximum absolute atomic E-state index is 12.4. The van der Waals surface area contributed by atoms with Crippen molar-refractivity contribution in [3.05, 3.63) is 29.8 Å². The molecule has 0 saturated carbocycles. The van der Waals surface area contributed by atoms with Crippen molar-refractivity contribution in [2.75, 3.05) is 57.5 Å². The van der Waals surface area contributed by atoms with E-state index in [0.29, 0.717) is 31.9 Å². The second-order valence-electron chi connectivity index (χ2n) is 4.98. The minimum Gasteiger partial charge on any atom is -0.378 e. The van der Waals surface area contributed by atoms with E-state index in [4.69, 9.17) is 9.47 Å². The molecule has 20 heavy (non-hydrogen) atoms. The molecule has 1 aromatic rings. The van der Waals surface area contributed by atoms with E-state index in [1.165, 1.54) is 0 Å². The van der Waals surface area contributed by atoms with Crippen molar-refractivity contribution in [1.82, 2.24) is 4.90 Å². The predicted octanol–water partition coefficient (Wildman–Crippen LogP) is 0.796. The average Bonchev–Trinajstić information content (AvgIpc) is 2.56. The van der Waals surface area contributed by atoms with Gasteiger partial charge >= 0.3 is 0 Å². The Hall–Kier alpha value is -1.59. The Labute approximate surface area is 119 Å². The van der Waals surface area contributed by atoms with Crippen molar-refractivity contribution in [2.24, 2.45) is 0 Å².